The molecule has 0 bridgehead atoms. The van der Waals surface area contributed by atoms with Crippen LogP contribution in [-0.2, 0) is 24.7 Å². The number of para-hydroxylation sites is 1. The number of sulfone groups is 1. The molecule has 1 atom stereocenters. The molecule has 0 aromatic heterocycles. The Hall–Kier alpha value is -2.27. The summed E-state index contributed by atoms with van der Waals surface area (Å²) in [6, 6.07) is 17.4. The molecule has 4 rings (SSSR count). The molecule has 8 nitrogen and oxygen atoms in total. The Kier molecular flexibility index (Phi) is 6.66. The van der Waals surface area contributed by atoms with E-state index in [-0.39, 0.29) is 43.5 Å². The van der Waals surface area contributed by atoms with Crippen LogP contribution in [0.25, 0.3) is 11.1 Å². The molecule has 172 valence electrons. The maximum Gasteiger partial charge on any atom is 0.238 e. The van der Waals surface area contributed by atoms with Crippen LogP contribution in [-0.4, -0.2) is 81.4 Å². The number of piperazine rings is 1. The number of benzene rings is 2. The number of rotatable bonds is 6. The first-order chi connectivity index (χ1) is 15.2. The van der Waals surface area contributed by atoms with Gasteiger partial charge >= 0.3 is 0 Å². The van der Waals surface area contributed by atoms with Gasteiger partial charge in [-0.25, -0.2) is 16.8 Å². The minimum Gasteiger partial charge on any atom is -0.324 e. The van der Waals surface area contributed by atoms with Crippen LogP contribution in [0.3, 0.4) is 0 Å². The first-order valence-electron chi connectivity index (χ1n) is 10.6. The summed E-state index contributed by atoms with van der Waals surface area (Å²) >= 11 is 0. The van der Waals surface area contributed by atoms with E-state index < -0.39 is 25.1 Å². The predicted molar refractivity (Wildman–Crippen MR) is 124 cm³/mol. The molecule has 2 fully saturated rings. The highest BCUT2D eigenvalue weighted by molar-refractivity contribution is 7.95. The van der Waals surface area contributed by atoms with Crippen LogP contribution in [0.4, 0.5) is 5.69 Å². The molecule has 2 aliphatic rings. The summed E-state index contributed by atoms with van der Waals surface area (Å²) in [6.07, 6.45) is 0.161. The Morgan fingerprint density at radius 2 is 1.62 bits per heavy atom. The Balaban J connectivity index is 1.33. The van der Waals surface area contributed by atoms with Crippen molar-refractivity contribution in [3.8, 4) is 11.1 Å². The van der Waals surface area contributed by atoms with Crippen LogP contribution >= 0.6 is 0 Å². The van der Waals surface area contributed by atoms with E-state index >= 15 is 0 Å². The molecule has 2 heterocycles. The highest BCUT2D eigenvalue weighted by Crippen LogP contribution is 2.27. The quantitative estimate of drug-likeness (QED) is 0.675. The summed E-state index contributed by atoms with van der Waals surface area (Å²) in [7, 11) is -6.91. The topological polar surface area (TPSA) is 104 Å². The van der Waals surface area contributed by atoms with Gasteiger partial charge in [0.15, 0.2) is 9.84 Å². The van der Waals surface area contributed by atoms with Gasteiger partial charge in [-0.1, -0.05) is 48.5 Å². The van der Waals surface area contributed by atoms with Gasteiger partial charge < -0.3 is 5.32 Å². The normalized spacial score (nSPS) is 21.9. The third-order valence-electron chi connectivity index (χ3n) is 5.96. The highest BCUT2D eigenvalue weighted by atomic mass is 32.2. The molecule has 1 unspecified atom stereocenters. The number of sulfonamides is 1. The zero-order valence-electron chi connectivity index (χ0n) is 17.7. The third kappa shape index (κ3) is 5.20. The van der Waals surface area contributed by atoms with Gasteiger partial charge in [-0.15, -0.1) is 0 Å². The van der Waals surface area contributed by atoms with Gasteiger partial charge in [-0.05, 0) is 18.1 Å². The smallest absolute Gasteiger partial charge is 0.238 e. The van der Waals surface area contributed by atoms with Crippen LogP contribution in [0, 0.1) is 0 Å². The molecule has 2 saturated heterocycles. The van der Waals surface area contributed by atoms with Crippen LogP contribution in [0.5, 0.6) is 0 Å². The van der Waals surface area contributed by atoms with Gasteiger partial charge in [0, 0.05) is 37.4 Å². The number of hydrogen-bond donors (Lipinski definition) is 1. The monoisotopic (exact) mass is 477 g/mol. The fraction of sp³-hybridized carbons (Fsp3) is 0.409. The summed E-state index contributed by atoms with van der Waals surface area (Å²) in [4.78, 5) is 14.6. The summed E-state index contributed by atoms with van der Waals surface area (Å²) in [5.74, 6) is -0.521. The van der Waals surface area contributed by atoms with E-state index in [4.69, 9.17) is 0 Å². The lowest BCUT2D eigenvalue weighted by Gasteiger charge is -2.34. The molecule has 0 radical (unpaired) electrons. The zero-order valence-corrected chi connectivity index (χ0v) is 19.3. The van der Waals surface area contributed by atoms with Gasteiger partial charge in [0.05, 0.1) is 23.3 Å². The lowest BCUT2D eigenvalue weighted by Crippen LogP contribution is -2.52. The Morgan fingerprint density at radius 1 is 0.969 bits per heavy atom. The largest absolute Gasteiger partial charge is 0.324 e. The van der Waals surface area contributed by atoms with E-state index in [9.17, 15) is 21.6 Å². The fourth-order valence-electron chi connectivity index (χ4n) is 4.20. The van der Waals surface area contributed by atoms with E-state index in [0.29, 0.717) is 13.1 Å². The van der Waals surface area contributed by atoms with Crippen molar-refractivity contribution in [2.75, 3.05) is 49.5 Å². The average molecular weight is 478 g/mol. The van der Waals surface area contributed by atoms with Crippen molar-refractivity contribution in [1.82, 2.24) is 9.21 Å². The average Bonchev–Trinajstić information content (AvgIpc) is 3.15. The fourth-order valence-corrected chi connectivity index (χ4v) is 8.72. The van der Waals surface area contributed by atoms with Crippen LogP contribution in [0.15, 0.2) is 54.6 Å². The highest BCUT2D eigenvalue weighted by Gasteiger charge is 2.41. The Morgan fingerprint density at radius 3 is 2.28 bits per heavy atom. The van der Waals surface area contributed by atoms with E-state index in [1.165, 1.54) is 4.31 Å². The molecular weight excluding hydrogens is 450 g/mol. The molecular formula is C22H27N3O5S2. The number of carbonyl (C=O) groups is 1. The minimum atomic E-state index is -3.64. The number of amides is 1. The molecule has 2 aromatic rings. The molecule has 1 N–H and O–H groups in total. The van der Waals surface area contributed by atoms with Crippen LogP contribution in [0.1, 0.15) is 6.42 Å². The van der Waals surface area contributed by atoms with E-state index in [2.05, 4.69) is 5.32 Å². The molecule has 2 aromatic carbocycles. The first kappa shape index (κ1) is 22.9. The number of nitrogens with one attached hydrogen (secondary N) is 1. The van der Waals surface area contributed by atoms with Crippen LogP contribution < -0.4 is 5.32 Å². The maximum absolute atomic E-state index is 12.8. The second kappa shape index (κ2) is 9.30. The summed E-state index contributed by atoms with van der Waals surface area (Å²) in [5.41, 5.74) is 2.67. The van der Waals surface area contributed by atoms with Gasteiger partial charge in [-0.2, -0.15) is 4.31 Å². The van der Waals surface area contributed by atoms with Gasteiger partial charge in [-0.3, -0.25) is 9.69 Å². The number of anilines is 1. The molecule has 2 aliphatic heterocycles. The Labute approximate surface area is 189 Å². The lowest BCUT2D eigenvalue weighted by molar-refractivity contribution is -0.117. The van der Waals surface area contributed by atoms with E-state index in [1.54, 1.807) is 0 Å². The molecule has 0 spiro atoms. The molecule has 1 amide bonds. The van der Waals surface area contributed by atoms with Crippen molar-refractivity contribution >= 4 is 31.5 Å². The summed E-state index contributed by atoms with van der Waals surface area (Å²) in [6.45, 7) is 1.52. The third-order valence-corrected chi connectivity index (χ3v) is 10.3. The van der Waals surface area contributed by atoms with Gasteiger partial charge in [0.25, 0.3) is 0 Å². The van der Waals surface area contributed by atoms with Crippen molar-refractivity contribution in [1.29, 1.82) is 0 Å². The lowest BCUT2D eigenvalue weighted by atomic mass is 10.0. The predicted octanol–water partition coefficient (Wildman–Crippen LogP) is 1.43. The standard InChI is InChI=1S/C22H27N3O5S2/c26-22(23-21-9-5-4-8-20(21)18-6-2-1-3-7-18)16-24-11-13-25(14-12-24)32(29,30)19-10-15-31(27,28)17-19/h1-9,19H,10-17H2,(H,23,26). The second-order valence-corrected chi connectivity index (χ2v) is 12.6. The van der Waals surface area contributed by atoms with Gasteiger partial charge in [0.2, 0.25) is 15.9 Å². The summed E-state index contributed by atoms with van der Waals surface area (Å²) < 4.78 is 50.3. The second-order valence-electron chi connectivity index (χ2n) is 8.20. The number of hydrogen-bond acceptors (Lipinski definition) is 6. The van der Waals surface area contributed by atoms with Crippen molar-refractivity contribution < 1.29 is 21.6 Å². The Bertz CT molecular complexity index is 1180. The molecule has 32 heavy (non-hydrogen) atoms. The minimum absolute atomic E-state index is 0.0680. The number of nitrogens with zero attached hydrogens (tertiary/aromatic N) is 2. The first-order valence-corrected chi connectivity index (χ1v) is 13.9. The van der Waals surface area contributed by atoms with E-state index in [1.807, 2.05) is 59.5 Å². The number of carbonyl (C=O) groups excluding carboxylic acids is 1. The maximum atomic E-state index is 12.8. The molecule has 0 aliphatic carbocycles. The van der Waals surface area contributed by atoms with Crippen molar-refractivity contribution in [2.45, 2.75) is 11.7 Å². The van der Waals surface area contributed by atoms with Gasteiger partial charge in [0.1, 0.15) is 0 Å². The summed E-state index contributed by atoms with van der Waals surface area (Å²) in [5, 5.41) is 2.12. The van der Waals surface area contributed by atoms with E-state index in [0.717, 1.165) is 16.8 Å². The van der Waals surface area contributed by atoms with Crippen LogP contribution in [0.2, 0.25) is 0 Å². The van der Waals surface area contributed by atoms with Crippen molar-refractivity contribution in [3.05, 3.63) is 54.6 Å². The van der Waals surface area contributed by atoms with Crippen molar-refractivity contribution in [3.63, 3.8) is 0 Å². The van der Waals surface area contributed by atoms with Crippen molar-refractivity contribution in [2.24, 2.45) is 0 Å². The SMILES string of the molecule is O=C(CN1CCN(S(=O)(=O)C2CCS(=O)(=O)C2)CC1)Nc1ccccc1-c1ccccc1. The zero-order chi connectivity index (χ0) is 22.8. The molecule has 10 heteroatoms. The molecule has 0 saturated carbocycles.